The van der Waals surface area contributed by atoms with Crippen molar-refractivity contribution < 1.29 is 4.79 Å². The van der Waals surface area contributed by atoms with E-state index in [-0.39, 0.29) is 5.91 Å². The molecule has 118 valence electrons. The summed E-state index contributed by atoms with van der Waals surface area (Å²) < 4.78 is 0. The molecule has 3 heteroatoms. The number of anilines is 1. The summed E-state index contributed by atoms with van der Waals surface area (Å²) in [6.07, 6.45) is 2.28. The number of hydrogen-bond acceptors (Lipinski definition) is 2. The van der Waals surface area contributed by atoms with Gasteiger partial charge in [-0.15, -0.1) is 0 Å². The van der Waals surface area contributed by atoms with E-state index in [4.69, 9.17) is 0 Å². The van der Waals surface area contributed by atoms with Crippen molar-refractivity contribution in [3.05, 3.63) is 29.3 Å². The first kappa shape index (κ1) is 17.5. The zero-order valence-corrected chi connectivity index (χ0v) is 14.3. The average molecular weight is 290 g/mol. The second-order valence-electron chi connectivity index (χ2n) is 6.71. The first-order valence-corrected chi connectivity index (χ1v) is 7.92. The van der Waals surface area contributed by atoms with Crippen molar-refractivity contribution >= 4 is 11.6 Å². The lowest BCUT2D eigenvalue weighted by molar-refractivity contribution is 0.0963. The average Bonchev–Trinajstić information content (AvgIpc) is 2.38. The van der Waals surface area contributed by atoms with Crippen LogP contribution < -0.4 is 10.6 Å². The molecule has 0 aliphatic heterocycles. The largest absolute Gasteiger partial charge is 0.382 e. The monoisotopic (exact) mass is 290 g/mol. The fraction of sp³-hybridized carbons (Fsp3) is 0.611. The van der Waals surface area contributed by atoms with Gasteiger partial charge in [0.05, 0.1) is 0 Å². The Hall–Kier alpha value is -1.51. The van der Waals surface area contributed by atoms with Gasteiger partial charge in [0.25, 0.3) is 5.91 Å². The highest BCUT2D eigenvalue weighted by atomic mass is 16.1. The Bertz CT molecular complexity index is 456. The number of nitrogens with one attached hydrogen (secondary N) is 2. The second kappa shape index (κ2) is 8.06. The quantitative estimate of drug-likeness (QED) is 0.789. The molecule has 0 unspecified atom stereocenters. The van der Waals surface area contributed by atoms with E-state index in [9.17, 15) is 4.79 Å². The highest BCUT2D eigenvalue weighted by Crippen LogP contribution is 2.22. The summed E-state index contributed by atoms with van der Waals surface area (Å²) in [5.41, 5.74) is 2.96. The van der Waals surface area contributed by atoms with E-state index in [0.29, 0.717) is 23.4 Å². The zero-order valence-electron chi connectivity index (χ0n) is 14.3. The Morgan fingerprint density at radius 2 is 1.67 bits per heavy atom. The van der Waals surface area contributed by atoms with Gasteiger partial charge in [0.1, 0.15) is 0 Å². The van der Waals surface area contributed by atoms with E-state index in [1.165, 1.54) is 5.56 Å². The molecule has 0 spiro atoms. The molecule has 3 nitrogen and oxygen atoms in total. The van der Waals surface area contributed by atoms with E-state index >= 15 is 0 Å². The summed E-state index contributed by atoms with van der Waals surface area (Å²) in [7, 11) is 1.66. The smallest absolute Gasteiger partial charge is 0.251 e. The van der Waals surface area contributed by atoms with Crippen molar-refractivity contribution in [1.29, 1.82) is 0 Å². The minimum absolute atomic E-state index is 0.0395. The summed E-state index contributed by atoms with van der Waals surface area (Å²) in [4.78, 5) is 11.8. The third-order valence-electron chi connectivity index (χ3n) is 3.60. The van der Waals surface area contributed by atoms with Gasteiger partial charge in [0.15, 0.2) is 0 Å². The fourth-order valence-corrected chi connectivity index (χ4v) is 2.64. The van der Waals surface area contributed by atoms with E-state index in [1.807, 2.05) is 18.2 Å². The van der Waals surface area contributed by atoms with Crippen LogP contribution in [-0.4, -0.2) is 19.0 Å². The van der Waals surface area contributed by atoms with Gasteiger partial charge < -0.3 is 10.6 Å². The Morgan fingerprint density at radius 3 is 2.14 bits per heavy atom. The molecule has 0 bridgehead atoms. The summed E-state index contributed by atoms with van der Waals surface area (Å²) in [5, 5.41) is 6.33. The predicted molar refractivity (Wildman–Crippen MR) is 90.9 cm³/mol. The van der Waals surface area contributed by atoms with Gasteiger partial charge in [-0.2, -0.15) is 0 Å². The van der Waals surface area contributed by atoms with Crippen molar-refractivity contribution in [1.82, 2.24) is 5.32 Å². The summed E-state index contributed by atoms with van der Waals surface area (Å²) >= 11 is 0. The molecule has 0 aromatic heterocycles. The minimum Gasteiger partial charge on any atom is -0.382 e. The van der Waals surface area contributed by atoms with Crippen LogP contribution in [0.1, 0.15) is 56.5 Å². The highest BCUT2D eigenvalue weighted by molar-refractivity contribution is 5.95. The minimum atomic E-state index is -0.0395. The lowest BCUT2D eigenvalue weighted by Crippen LogP contribution is -2.24. The first-order valence-electron chi connectivity index (χ1n) is 7.92. The molecule has 0 fully saturated rings. The Kier molecular flexibility index (Phi) is 6.73. The maximum Gasteiger partial charge on any atom is 0.251 e. The maximum absolute atomic E-state index is 11.8. The lowest BCUT2D eigenvalue weighted by Gasteiger charge is -2.25. The Morgan fingerprint density at radius 1 is 1.10 bits per heavy atom. The molecule has 1 aromatic rings. The predicted octanol–water partition coefficient (Wildman–Crippen LogP) is 4.23. The number of carbonyl (C=O) groups excluding carboxylic acids is 1. The van der Waals surface area contributed by atoms with Crippen LogP contribution in [0.25, 0.3) is 0 Å². The van der Waals surface area contributed by atoms with Gasteiger partial charge in [-0.3, -0.25) is 4.79 Å². The van der Waals surface area contributed by atoms with Crippen LogP contribution in [0.15, 0.2) is 18.2 Å². The SMILES string of the molecule is CNC(=O)c1ccc(C)c(NC(CC(C)C)CC(C)C)c1. The van der Waals surface area contributed by atoms with Crippen molar-refractivity contribution in [2.75, 3.05) is 12.4 Å². The van der Waals surface area contributed by atoms with Crippen LogP contribution in [-0.2, 0) is 0 Å². The third kappa shape index (κ3) is 5.78. The van der Waals surface area contributed by atoms with Crippen molar-refractivity contribution in [3.63, 3.8) is 0 Å². The fourth-order valence-electron chi connectivity index (χ4n) is 2.64. The number of hydrogen-bond donors (Lipinski definition) is 2. The third-order valence-corrected chi connectivity index (χ3v) is 3.60. The van der Waals surface area contributed by atoms with Crippen molar-refractivity contribution in [2.45, 2.75) is 53.5 Å². The van der Waals surface area contributed by atoms with Gasteiger partial charge in [-0.25, -0.2) is 0 Å². The van der Waals surface area contributed by atoms with Gasteiger partial charge in [0.2, 0.25) is 0 Å². The zero-order chi connectivity index (χ0) is 16.0. The molecule has 1 rings (SSSR count). The summed E-state index contributed by atoms with van der Waals surface area (Å²) in [5.74, 6) is 1.27. The number of aryl methyl sites for hydroxylation is 1. The van der Waals surface area contributed by atoms with Gasteiger partial charge in [-0.05, 0) is 49.3 Å². The molecule has 2 N–H and O–H groups in total. The van der Waals surface area contributed by atoms with Crippen molar-refractivity contribution in [3.8, 4) is 0 Å². The normalized spacial score (nSPS) is 11.3. The van der Waals surface area contributed by atoms with Gasteiger partial charge in [-0.1, -0.05) is 33.8 Å². The molecular formula is C18H30N2O. The first-order chi connectivity index (χ1) is 9.83. The molecule has 0 heterocycles. The van der Waals surface area contributed by atoms with Crippen LogP contribution in [0, 0.1) is 18.8 Å². The number of carbonyl (C=O) groups is 1. The van der Waals surface area contributed by atoms with Crippen LogP contribution in [0.3, 0.4) is 0 Å². The van der Waals surface area contributed by atoms with Crippen LogP contribution in [0.2, 0.25) is 0 Å². The maximum atomic E-state index is 11.8. The molecule has 21 heavy (non-hydrogen) atoms. The van der Waals surface area contributed by atoms with Crippen molar-refractivity contribution in [2.24, 2.45) is 11.8 Å². The molecule has 0 aliphatic rings. The molecule has 0 radical (unpaired) electrons. The molecule has 1 aromatic carbocycles. The Labute approximate surface area is 129 Å². The number of rotatable bonds is 7. The molecule has 0 saturated carbocycles. The number of benzene rings is 1. The number of amides is 1. The molecule has 0 aliphatic carbocycles. The van der Waals surface area contributed by atoms with E-state index in [1.54, 1.807) is 7.05 Å². The van der Waals surface area contributed by atoms with Crippen LogP contribution in [0.5, 0.6) is 0 Å². The second-order valence-corrected chi connectivity index (χ2v) is 6.71. The van der Waals surface area contributed by atoms with Crippen LogP contribution >= 0.6 is 0 Å². The van der Waals surface area contributed by atoms with Crippen LogP contribution in [0.4, 0.5) is 5.69 Å². The Balaban J connectivity index is 2.93. The summed E-state index contributed by atoms with van der Waals surface area (Å²) in [6.45, 7) is 11.1. The topological polar surface area (TPSA) is 41.1 Å². The van der Waals surface area contributed by atoms with E-state index in [0.717, 1.165) is 18.5 Å². The molecular weight excluding hydrogens is 260 g/mol. The van der Waals surface area contributed by atoms with Gasteiger partial charge in [0, 0.05) is 24.3 Å². The van der Waals surface area contributed by atoms with Gasteiger partial charge >= 0.3 is 0 Å². The standard InChI is InChI=1S/C18H30N2O/c1-12(2)9-16(10-13(3)4)20-17-11-15(18(21)19-6)8-7-14(17)5/h7-8,11-13,16,20H,9-10H2,1-6H3,(H,19,21). The summed E-state index contributed by atoms with van der Waals surface area (Å²) in [6, 6.07) is 6.29. The van der Waals surface area contributed by atoms with E-state index in [2.05, 4.69) is 45.3 Å². The lowest BCUT2D eigenvalue weighted by atomic mass is 9.95. The van der Waals surface area contributed by atoms with E-state index < -0.39 is 0 Å². The molecule has 1 amide bonds. The molecule has 0 saturated heterocycles. The highest BCUT2D eigenvalue weighted by Gasteiger charge is 2.15. The molecule has 0 atom stereocenters.